The fourth-order valence-electron chi connectivity index (χ4n) is 1.69. The first-order valence-electron chi connectivity index (χ1n) is 4.73. The predicted molar refractivity (Wildman–Crippen MR) is 52.5 cm³/mol. The van der Waals surface area contributed by atoms with E-state index in [1.165, 1.54) is 12.8 Å². The van der Waals surface area contributed by atoms with Crippen LogP contribution in [0.3, 0.4) is 0 Å². The fraction of sp³-hybridized carbons (Fsp3) is 0.455. The Labute approximate surface area is 78.4 Å². The van der Waals surface area contributed by atoms with Gasteiger partial charge in [-0.1, -0.05) is 18.2 Å². The van der Waals surface area contributed by atoms with E-state index in [0.717, 1.165) is 18.5 Å². The topological polar surface area (TPSA) is 46.2 Å². The van der Waals surface area contributed by atoms with E-state index in [1.807, 2.05) is 18.2 Å². The van der Waals surface area contributed by atoms with Crippen molar-refractivity contribution in [2.24, 2.45) is 11.1 Å². The van der Waals surface area contributed by atoms with Crippen LogP contribution in [-0.4, -0.2) is 11.7 Å². The molecule has 2 nitrogen and oxygen atoms in total. The second kappa shape index (κ2) is 3.04. The summed E-state index contributed by atoms with van der Waals surface area (Å²) in [6.45, 7) is 0.737. The average Bonchev–Trinajstić information content (AvgIpc) is 2.90. The quantitative estimate of drug-likeness (QED) is 0.737. The van der Waals surface area contributed by atoms with Crippen molar-refractivity contribution in [2.75, 3.05) is 6.54 Å². The summed E-state index contributed by atoms with van der Waals surface area (Å²) in [5, 5.41) is 9.56. The zero-order valence-corrected chi connectivity index (χ0v) is 7.66. The third-order valence-electron chi connectivity index (χ3n) is 2.95. The number of nitrogens with two attached hydrogens (primary N) is 1. The van der Waals surface area contributed by atoms with Gasteiger partial charge in [0.15, 0.2) is 0 Å². The molecule has 0 heterocycles. The van der Waals surface area contributed by atoms with Gasteiger partial charge in [0.2, 0.25) is 0 Å². The van der Waals surface area contributed by atoms with Crippen LogP contribution >= 0.6 is 0 Å². The minimum Gasteiger partial charge on any atom is -0.508 e. The summed E-state index contributed by atoms with van der Waals surface area (Å²) in [4.78, 5) is 0. The molecule has 1 aromatic rings. The molecule has 0 atom stereocenters. The Kier molecular flexibility index (Phi) is 2.00. The van der Waals surface area contributed by atoms with E-state index in [-0.39, 0.29) is 0 Å². The lowest BCUT2D eigenvalue weighted by molar-refractivity contribution is 0.450. The van der Waals surface area contributed by atoms with Crippen molar-refractivity contribution < 1.29 is 5.11 Å². The van der Waals surface area contributed by atoms with Crippen LogP contribution < -0.4 is 5.73 Å². The molecule has 0 radical (unpaired) electrons. The third kappa shape index (κ3) is 1.68. The lowest BCUT2D eigenvalue weighted by Crippen LogP contribution is -2.17. The van der Waals surface area contributed by atoms with Crippen LogP contribution in [-0.2, 0) is 6.42 Å². The maximum Gasteiger partial charge on any atom is 0.118 e. The highest BCUT2D eigenvalue weighted by Gasteiger charge is 2.41. The van der Waals surface area contributed by atoms with Crippen LogP contribution in [0.5, 0.6) is 5.75 Å². The van der Waals surface area contributed by atoms with E-state index in [1.54, 1.807) is 6.07 Å². The molecule has 70 valence electrons. The Hall–Kier alpha value is -1.02. The van der Waals surface area contributed by atoms with Crippen LogP contribution in [0.2, 0.25) is 0 Å². The van der Waals surface area contributed by atoms with Gasteiger partial charge in [-0.25, -0.2) is 0 Å². The summed E-state index contributed by atoms with van der Waals surface area (Å²) >= 11 is 0. The molecular formula is C11H15NO. The molecule has 13 heavy (non-hydrogen) atoms. The summed E-state index contributed by atoms with van der Waals surface area (Å²) in [6, 6.07) is 7.52. The van der Waals surface area contributed by atoms with Crippen LogP contribution in [0.15, 0.2) is 24.3 Å². The molecule has 1 fully saturated rings. The van der Waals surface area contributed by atoms with E-state index in [9.17, 15) is 5.11 Å². The maximum absolute atomic E-state index is 9.56. The predicted octanol–water partition coefficient (Wildman–Crippen LogP) is 1.67. The fourth-order valence-corrected chi connectivity index (χ4v) is 1.69. The Morgan fingerprint density at radius 2 is 2.00 bits per heavy atom. The van der Waals surface area contributed by atoms with E-state index in [2.05, 4.69) is 0 Å². The van der Waals surface area contributed by atoms with E-state index < -0.39 is 0 Å². The molecular weight excluding hydrogens is 162 g/mol. The number of rotatable bonds is 3. The highest BCUT2D eigenvalue weighted by atomic mass is 16.3. The average molecular weight is 177 g/mol. The number of phenols is 1. The van der Waals surface area contributed by atoms with Crippen LogP contribution in [0.1, 0.15) is 18.4 Å². The Balaban J connectivity index is 2.14. The highest BCUT2D eigenvalue weighted by molar-refractivity contribution is 5.33. The second-order valence-electron chi connectivity index (χ2n) is 4.01. The summed E-state index contributed by atoms with van der Waals surface area (Å²) < 4.78 is 0. The standard InChI is InChI=1S/C11H15NO/c12-8-11(5-6-11)7-9-3-1-2-4-10(9)13/h1-4,13H,5-8,12H2. The molecule has 1 saturated carbocycles. The van der Waals surface area contributed by atoms with Crippen molar-refractivity contribution in [3.05, 3.63) is 29.8 Å². The SMILES string of the molecule is NCC1(Cc2ccccc2O)CC1. The maximum atomic E-state index is 9.56. The first kappa shape index (κ1) is 8.57. The summed E-state index contributed by atoms with van der Waals surface area (Å²) in [5.41, 5.74) is 7.02. The Bertz CT molecular complexity index is 305. The molecule has 0 bridgehead atoms. The van der Waals surface area contributed by atoms with Gasteiger partial charge in [-0.15, -0.1) is 0 Å². The summed E-state index contributed by atoms with van der Waals surface area (Å²) in [7, 11) is 0. The number of benzene rings is 1. The van der Waals surface area contributed by atoms with Gasteiger partial charge in [-0.2, -0.15) is 0 Å². The van der Waals surface area contributed by atoms with Gasteiger partial charge in [0.25, 0.3) is 0 Å². The Morgan fingerprint density at radius 3 is 2.54 bits per heavy atom. The van der Waals surface area contributed by atoms with Crippen molar-refractivity contribution in [1.82, 2.24) is 0 Å². The molecule has 0 amide bonds. The zero-order valence-electron chi connectivity index (χ0n) is 7.66. The molecule has 0 aromatic heterocycles. The number of aromatic hydroxyl groups is 1. The van der Waals surface area contributed by atoms with Gasteiger partial charge in [-0.3, -0.25) is 0 Å². The summed E-state index contributed by atoms with van der Waals surface area (Å²) in [6.07, 6.45) is 3.34. The molecule has 2 heteroatoms. The van der Waals surface area contributed by atoms with Crippen LogP contribution in [0.4, 0.5) is 0 Å². The first-order valence-corrected chi connectivity index (χ1v) is 4.73. The highest BCUT2D eigenvalue weighted by Crippen LogP contribution is 2.48. The summed E-state index contributed by atoms with van der Waals surface area (Å²) in [5.74, 6) is 0.405. The number of phenolic OH excluding ortho intramolecular Hbond substituents is 1. The van der Waals surface area contributed by atoms with Gasteiger partial charge in [-0.05, 0) is 42.9 Å². The van der Waals surface area contributed by atoms with Gasteiger partial charge >= 0.3 is 0 Å². The van der Waals surface area contributed by atoms with E-state index >= 15 is 0 Å². The molecule has 1 aromatic carbocycles. The van der Waals surface area contributed by atoms with Gasteiger partial charge in [0, 0.05) is 0 Å². The molecule has 0 aliphatic heterocycles. The number of para-hydroxylation sites is 1. The van der Waals surface area contributed by atoms with Crippen molar-refractivity contribution in [2.45, 2.75) is 19.3 Å². The molecule has 1 aliphatic carbocycles. The third-order valence-corrected chi connectivity index (χ3v) is 2.95. The Morgan fingerprint density at radius 1 is 1.31 bits per heavy atom. The van der Waals surface area contributed by atoms with Crippen LogP contribution in [0, 0.1) is 5.41 Å². The molecule has 0 unspecified atom stereocenters. The van der Waals surface area contributed by atoms with E-state index in [4.69, 9.17) is 5.73 Å². The minimum absolute atomic E-state index is 0.304. The zero-order chi connectivity index (χ0) is 9.31. The van der Waals surface area contributed by atoms with E-state index in [0.29, 0.717) is 11.2 Å². The monoisotopic (exact) mass is 177 g/mol. The molecule has 2 rings (SSSR count). The van der Waals surface area contributed by atoms with Crippen molar-refractivity contribution in [3.63, 3.8) is 0 Å². The van der Waals surface area contributed by atoms with Crippen molar-refractivity contribution in [1.29, 1.82) is 0 Å². The number of hydrogen-bond acceptors (Lipinski definition) is 2. The van der Waals surface area contributed by atoms with Crippen LogP contribution in [0.25, 0.3) is 0 Å². The number of hydrogen-bond donors (Lipinski definition) is 2. The molecule has 3 N–H and O–H groups in total. The van der Waals surface area contributed by atoms with Crippen molar-refractivity contribution >= 4 is 0 Å². The largest absolute Gasteiger partial charge is 0.508 e. The molecule has 0 spiro atoms. The second-order valence-corrected chi connectivity index (χ2v) is 4.01. The van der Waals surface area contributed by atoms with Gasteiger partial charge < -0.3 is 10.8 Å². The first-order chi connectivity index (χ1) is 6.26. The molecule has 1 aliphatic rings. The lowest BCUT2D eigenvalue weighted by atomic mass is 9.96. The smallest absolute Gasteiger partial charge is 0.118 e. The minimum atomic E-state index is 0.304. The van der Waals surface area contributed by atoms with Gasteiger partial charge in [0.1, 0.15) is 5.75 Å². The van der Waals surface area contributed by atoms with Crippen molar-refractivity contribution in [3.8, 4) is 5.75 Å². The lowest BCUT2D eigenvalue weighted by Gasteiger charge is -2.12. The normalized spacial score (nSPS) is 18.5. The molecule has 0 saturated heterocycles. The van der Waals surface area contributed by atoms with Gasteiger partial charge in [0.05, 0.1) is 0 Å².